The molecule has 2 amide bonds. The van der Waals surface area contributed by atoms with Crippen LogP contribution < -0.4 is 20.5 Å². The highest BCUT2D eigenvalue weighted by molar-refractivity contribution is 7.80. The number of nitrogens with two attached hydrogens (primary N) is 1. The number of amides is 2. The predicted molar refractivity (Wildman–Crippen MR) is 236 cm³/mol. The predicted octanol–water partition coefficient (Wildman–Crippen LogP) is 7.73. The van der Waals surface area contributed by atoms with Gasteiger partial charge in [-0.15, -0.1) is 0 Å². The molecule has 6 aromatic rings. The van der Waals surface area contributed by atoms with Crippen molar-refractivity contribution in [3.8, 4) is 22.9 Å². The first-order valence-electron chi connectivity index (χ1n) is 19.4. The summed E-state index contributed by atoms with van der Waals surface area (Å²) in [4.78, 5) is 41.7. The number of rotatable bonds is 10. The van der Waals surface area contributed by atoms with Crippen LogP contribution in [-0.4, -0.2) is 66.0 Å². The van der Waals surface area contributed by atoms with E-state index in [4.69, 9.17) is 27.4 Å². The van der Waals surface area contributed by atoms with Gasteiger partial charge in [0.2, 0.25) is 5.96 Å². The van der Waals surface area contributed by atoms with Crippen molar-refractivity contribution in [1.29, 1.82) is 0 Å². The molecule has 0 bridgehead atoms. The molecule has 62 heavy (non-hydrogen) atoms. The third-order valence-corrected chi connectivity index (χ3v) is 10.6. The van der Waals surface area contributed by atoms with Gasteiger partial charge in [0.1, 0.15) is 34.5 Å². The quantitative estimate of drug-likeness (QED) is 0.104. The van der Waals surface area contributed by atoms with Gasteiger partial charge < -0.3 is 29.7 Å². The van der Waals surface area contributed by atoms with Crippen LogP contribution in [0.4, 0.5) is 8.78 Å². The van der Waals surface area contributed by atoms with Crippen molar-refractivity contribution in [3.05, 3.63) is 167 Å². The molecule has 13 nitrogen and oxygen atoms in total. The van der Waals surface area contributed by atoms with Gasteiger partial charge in [0.05, 0.1) is 61.7 Å². The van der Waals surface area contributed by atoms with E-state index in [9.17, 15) is 18.4 Å². The Bertz CT molecular complexity index is 2710. The summed E-state index contributed by atoms with van der Waals surface area (Å²) in [6, 6.07) is 22.5. The number of ether oxygens (including phenoxy) is 2. The van der Waals surface area contributed by atoms with Gasteiger partial charge in [-0.1, -0.05) is 36.4 Å². The van der Waals surface area contributed by atoms with E-state index < -0.39 is 0 Å². The van der Waals surface area contributed by atoms with Crippen LogP contribution in [0.1, 0.15) is 59.6 Å². The number of nitrogens with one attached hydrogen (secondary N) is 1. The van der Waals surface area contributed by atoms with E-state index in [-0.39, 0.29) is 47.2 Å². The highest BCUT2D eigenvalue weighted by atomic mass is 32.1. The van der Waals surface area contributed by atoms with Gasteiger partial charge in [0.15, 0.2) is 5.11 Å². The zero-order valence-corrected chi connectivity index (χ0v) is 35.5. The Kier molecular flexibility index (Phi) is 12.4. The number of aliphatic imine (C=N–C) groups is 1. The Hall–Kier alpha value is -7.46. The number of carbonyl (C=O) groups excluding carboxylic acids is 2. The molecule has 4 heterocycles. The first-order chi connectivity index (χ1) is 29.7. The number of halogens is 2. The SMILES string of the molecule is COc1cc(/C=C2\N=C(N)N([C@@H](C)c3ccc(F)cc3)C2=O)ccc1-n1cnc(C)c1.COc1cc(/C=C2\NC(=S)N([C@@H](C)c3ccc(F)cc3)C2=O)ccc1-n1cnc(C)c1. The first kappa shape index (κ1) is 42.7. The maximum absolute atomic E-state index is 13.2. The molecule has 1 saturated heterocycles. The molecule has 2 aromatic heterocycles. The van der Waals surface area contributed by atoms with Gasteiger partial charge in [0, 0.05) is 12.4 Å². The molecule has 2 aliphatic rings. The Balaban J connectivity index is 0.000000186. The Morgan fingerprint density at radius 1 is 0.694 bits per heavy atom. The monoisotopic (exact) mass is 855 g/mol. The minimum atomic E-state index is -0.385. The number of aromatic nitrogens is 4. The van der Waals surface area contributed by atoms with Gasteiger partial charge in [-0.05, 0) is 123 Å². The number of thiocarbonyl (C=S) groups is 1. The highest BCUT2D eigenvalue weighted by Crippen LogP contribution is 2.31. The van der Waals surface area contributed by atoms with E-state index in [0.29, 0.717) is 22.3 Å². The van der Waals surface area contributed by atoms with Crippen molar-refractivity contribution >= 4 is 47.3 Å². The molecule has 3 N–H and O–H groups in total. The number of nitrogens with zero attached hydrogens (tertiary/aromatic N) is 7. The van der Waals surface area contributed by atoms with Crippen LogP contribution in [0, 0.1) is 25.5 Å². The number of methoxy groups -OCH3 is 2. The number of imidazole rings is 2. The summed E-state index contributed by atoms with van der Waals surface area (Å²) in [5, 5.41) is 3.30. The van der Waals surface area contributed by atoms with Gasteiger partial charge >= 0.3 is 0 Å². The molecule has 0 spiro atoms. The maximum atomic E-state index is 13.2. The molecule has 0 saturated carbocycles. The second-order valence-electron chi connectivity index (χ2n) is 14.5. The van der Waals surface area contributed by atoms with Crippen molar-refractivity contribution in [2.75, 3.05) is 14.2 Å². The van der Waals surface area contributed by atoms with Crippen LogP contribution in [0.2, 0.25) is 0 Å². The Morgan fingerprint density at radius 2 is 1.16 bits per heavy atom. The van der Waals surface area contributed by atoms with E-state index in [0.717, 1.165) is 45.0 Å². The minimum absolute atomic E-state index is 0.102. The summed E-state index contributed by atoms with van der Waals surface area (Å²) in [7, 11) is 3.18. The fourth-order valence-corrected chi connectivity index (χ4v) is 7.38. The minimum Gasteiger partial charge on any atom is -0.495 e. The molecule has 316 valence electrons. The lowest BCUT2D eigenvalue weighted by Gasteiger charge is -2.24. The second-order valence-corrected chi connectivity index (χ2v) is 14.9. The number of aryl methyl sites for hydroxylation is 2. The Labute approximate surface area is 362 Å². The van der Waals surface area contributed by atoms with Crippen molar-refractivity contribution in [3.63, 3.8) is 0 Å². The zero-order chi connectivity index (χ0) is 44.2. The van der Waals surface area contributed by atoms with Crippen molar-refractivity contribution < 1.29 is 27.8 Å². The van der Waals surface area contributed by atoms with E-state index in [1.54, 1.807) is 63.3 Å². The summed E-state index contributed by atoms with van der Waals surface area (Å²) >= 11 is 5.39. The number of hydrogen-bond donors (Lipinski definition) is 2. The zero-order valence-electron chi connectivity index (χ0n) is 34.7. The third kappa shape index (κ3) is 9.00. The molecule has 16 heteroatoms. The highest BCUT2D eigenvalue weighted by Gasteiger charge is 2.35. The van der Waals surface area contributed by atoms with E-state index in [1.165, 1.54) is 34.1 Å². The van der Waals surface area contributed by atoms with E-state index >= 15 is 0 Å². The summed E-state index contributed by atoms with van der Waals surface area (Å²) in [6.07, 6.45) is 10.6. The number of benzene rings is 4. The molecule has 2 atom stereocenters. The summed E-state index contributed by atoms with van der Waals surface area (Å²) in [6.45, 7) is 7.50. The molecule has 0 unspecified atom stereocenters. The smallest absolute Gasteiger partial charge is 0.279 e. The van der Waals surface area contributed by atoms with Gasteiger partial charge in [-0.3, -0.25) is 19.4 Å². The van der Waals surface area contributed by atoms with Crippen LogP contribution >= 0.6 is 12.2 Å². The van der Waals surface area contributed by atoms with Crippen LogP contribution in [0.5, 0.6) is 11.5 Å². The molecule has 0 radical (unpaired) electrons. The van der Waals surface area contributed by atoms with Crippen molar-refractivity contribution in [2.45, 2.75) is 39.8 Å². The summed E-state index contributed by atoms with van der Waals surface area (Å²) in [5.74, 6) is 0.160. The summed E-state index contributed by atoms with van der Waals surface area (Å²) in [5.41, 5.74) is 13.2. The van der Waals surface area contributed by atoms with Gasteiger partial charge in [-0.2, -0.15) is 0 Å². The molecule has 8 rings (SSSR count). The molecular weight excluding hydrogens is 813 g/mol. The van der Waals surface area contributed by atoms with E-state index in [1.807, 2.05) is 85.6 Å². The molecule has 1 fully saturated rings. The van der Waals surface area contributed by atoms with E-state index in [2.05, 4.69) is 20.3 Å². The van der Waals surface area contributed by atoms with Gasteiger partial charge in [0.25, 0.3) is 11.8 Å². The van der Waals surface area contributed by atoms with Crippen LogP contribution in [0.25, 0.3) is 23.5 Å². The lowest BCUT2D eigenvalue weighted by atomic mass is 10.1. The normalized spacial score (nSPS) is 16.0. The van der Waals surface area contributed by atoms with Crippen LogP contribution in [0.15, 0.2) is 126 Å². The average Bonchev–Trinajstić information content (AvgIpc) is 4.03. The largest absolute Gasteiger partial charge is 0.495 e. The fraction of sp³-hybridized carbons (Fsp3) is 0.174. The van der Waals surface area contributed by atoms with Crippen LogP contribution in [0.3, 0.4) is 0 Å². The molecule has 4 aromatic carbocycles. The number of guanidine groups is 1. The van der Waals surface area contributed by atoms with Crippen molar-refractivity contribution in [2.24, 2.45) is 10.7 Å². The summed E-state index contributed by atoms with van der Waals surface area (Å²) < 4.78 is 41.3. The second kappa shape index (κ2) is 18.0. The molecular formula is C46H43F2N9O4S. The fourth-order valence-electron chi connectivity index (χ4n) is 7.03. The Morgan fingerprint density at radius 3 is 1.61 bits per heavy atom. The average molecular weight is 856 g/mol. The lowest BCUT2D eigenvalue weighted by Crippen LogP contribution is -2.39. The molecule has 0 aliphatic carbocycles. The maximum Gasteiger partial charge on any atom is 0.279 e. The molecule has 2 aliphatic heterocycles. The topological polar surface area (TPSA) is 145 Å². The van der Waals surface area contributed by atoms with Crippen molar-refractivity contribution in [1.82, 2.24) is 34.2 Å². The lowest BCUT2D eigenvalue weighted by molar-refractivity contribution is -0.124. The third-order valence-electron chi connectivity index (χ3n) is 10.3. The number of hydrogen-bond acceptors (Lipinski definition) is 9. The van der Waals surface area contributed by atoms with Crippen LogP contribution in [-0.2, 0) is 9.59 Å². The first-order valence-corrected chi connectivity index (χ1v) is 19.8. The standard InChI is InChI=1S/C23H22FN5O2.C23H21FN4O2S/c1-14-12-28(13-26-14)20-9-4-16(11-21(20)31-3)10-19-22(30)29(23(25)27-19)15(2)17-5-7-18(24)8-6-17;1-14-12-27(13-25-14)20-9-4-16(11-21(20)30-3)10-19-22(29)28(23(31)26-19)15(2)17-5-7-18(24)8-6-17/h4-13,15H,1-3H3,(H2,25,27);4-13,15H,1-3H3,(H,26,31)/b2*19-10-/t2*15-/m00/s1. The number of carbonyl (C=O) groups is 2. The van der Waals surface area contributed by atoms with Gasteiger partial charge in [-0.25, -0.2) is 23.7 Å².